The molecule has 5 nitrogen and oxygen atoms in total. The molecule has 4 N–H and O–H groups in total. The molecule has 3 rings (SSSR count). The number of hydrogen-bond donors (Lipinski definition) is 2. The fraction of sp³-hybridized carbons (Fsp3) is 0.385. The van der Waals surface area contributed by atoms with Gasteiger partial charge in [0.25, 0.3) is 0 Å². The number of nitrogens with zero attached hydrogens (tertiary/aromatic N) is 3. The topological polar surface area (TPSA) is 81.1 Å². The Morgan fingerprint density at radius 1 is 1.22 bits per heavy atom. The summed E-state index contributed by atoms with van der Waals surface area (Å²) in [4.78, 5) is 11.2. The molecule has 5 heteroatoms. The average Bonchev–Trinajstić information content (AvgIpc) is 2.86. The number of aromatic nitrogens is 2. The van der Waals surface area contributed by atoms with Gasteiger partial charge in [-0.2, -0.15) is 0 Å². The Kier molecular flexibility index (Phi) is 2.76. The summed E-state index contributed by atoms with van der Waals surface area (Å²) in [6.45, 7) is 1.59. The molecule has 0 bridgehead atoms. The van der Waals surface area contributed by atoms with Gasteiger partial charge in [-0.25, -0.2) is 9.97 Å². The first-order chi connectivity index (χ1) is 8.79. The molecule has 0 spiro atoms. The van der Waals surface area contributed by atoms with E-state index in [0.717, 1.165) is 36.2 Å². The number of hydrogen-bond acceptors (Lipinski definition) is 5. The van der Waals surface area contributed by atoms with Gasteiger partial charge in [0.15, 0.2) is 11.6 Å². The second kappa shape index (κ2) is 4.42. The van der Waals surface area contributed by atoms with Crippen molar-refractivity contribution in [3.63, 3.8) is 0 Å². The molecule has 2 heterocycles. The van der Waals surface area contributed by atoms with Gasteiger partial charge in [0.1, 0.15) is 0 Å². The smallest absolute Gasteiger partial charge is 0.172 e. The van der Waals surface area contributed by atoms with Crippen molar-refractivity contribution in [1.29, 1.82) is 0 Å². The van der Waals surface area contributed by atoms with E-state index in [-0.39, 0.29) is 0 Å². The van der Waals surface area contributed by atoms with E-state index in [2.05, 4.69) is 14.9 Å². The molecule has 0 amide bonds. The number of nitrogen functional groups attached to an aromatic ring is 1. The van der Waals surface area contributed by atoms with E-state index in [0.29, 0.717) is 18.4 Å². The van der Waals surface area contributed by atoms with Gasteiger partial charge >= 0.3 is 0 Å². The third-order valence-corrected chi connectivity index (χ3v) is 3.50. The standard InChI is InChI=1S/C13H17N5/c14-8-9-4-3-7-18(9)13-12(15)16-10-5-1-2-6-11(10)17-13/h1-2,5-6,9H,3-4,7-8,14H2,(H2,15,16)/t9-/m0/s1. The fourth-order valence-corrected chi connectivity index (χ4v) is 2.58. The molecule has 1 atom stereocenters. The zero-order valence-electron chi connectivity index (χ0n) is 10.2. The molecular weight excluding hydrogens is 226 g/mol. The van der Waals surface area contributed by atoms with Crippen LogP contribution in [0, 0.1) is 0 Å². The quantitative estimate of drug-likeness (QED) is 0.826. The van der Waals surface area contributed by atoms with Crippen molar-refractivity contribution in [3.05, 3.63) is 24.3 Å². The van der Waals surface area contributed by atoms with E-state index >= 15 is 0 Å². The van der Waals surface area contributed by atoms with Crippen LogP contribution in [0.3, 0.4) is 0 Å². The molecule has 1 fully saturated rings. The predicted octanol–water partition coefficient (Wildman–Crippen LogP) is 1.14. The van der Waals surface area contributed by atoms with Gasteiger partial charge < -0.3 is 16.4 Å². The normalized spacial score (nSPS) is 19.6. The molecule has 18 heavy (non-hydrogen) atoms. The lowest BCUT2D eigenvalue weighted by atomic mass is 10.2. The van der Waals surface area contributed by atoms with Gasteiger partial charge in [-0.15, -0.1) is 0 Å². The van der Waals surface area contributed by atoms with Crippen LogP contribution in [0.4, 0.5) is 11.6 Å². The van der Waals surface area contributed by atoms with Crippen molar-refractivity contribution in [2.75, 3.05) is 23.7 Å². The van der Waals surface area contributed by atoms with E-state index in [1.54, 1.807) is 0 Å². The average molecular weight is 243 g/mol. The van der Waals surface area contributed by atoms with Crippen LogP contribution in [-0.4, -0.2) is 29.1 Å². The molecule has 1 aliphatic rings. The van der Waals surface area contributed by atoms with E-state index < -0.39 is 0 Å². The molecule has 1 aliphatic heterocycles. The van der Waals surface area contributed by atoms with E-state index in [1.165, 1.54) is 0 Å². The maximum absolute atomic E-state index is 6.03. The van der Waals surface area contributed by atoms with Gasteiger partial charge in [-0.05, 0) is 25.0 Å². The van der Waals surface area contributed by atoms with Gasteiger partial charge in [-0.1, -0.05) is 12.1 Å². The highest BCUT2D eigenvalue weighted by Gasteiger charge is 2.26. The van der Waals surface area contributed by atoms with Crippen molar-refractivity contribution in [2.24, 2.45) is 5.73 Å². The minimum atomic E-state index is 0.336. The largest absolute Gasteiger partial charge is 0.381 e. The first kappa shape index (κ1) is 11.2. The van der Waals surface area contributed by atoms with Crippen LogP contribution >= 0.6 is 0 Å². The highest BCUT2D eigenvalue weighted by Crippen LogP contribution is 2.28. The maximum Gasteiger partial charge on any atom is 0.172 e. The van der Waals surface area contributed by atoms with Gasteiger partial charge in [0.05, 0.1) is 11.0 Å². The number of anilines is 2. The summed E-state index contributed by atoms with van der Waals surface area (Å²) in [6, 6.07) is 8.12. The molecule has 0 saturated carbocycles. The van der Waals surface area contributed by atoms with Crippen molar-refractivity contribution < 1.29 is 0 Å². The minimum absolute atomic E-state index is 0.336. The summed E-state index contributed by atoms with van der Waals surface area (Å²) in [5.41, 5.74) is 13.5. The zero-order valence-corrected chi connectivity index (χ0v) is 10.2. The summed E-state index contributed by atoms with van der Waals surface area (Å²) in [7, 11) is 0. The van der Waals surface area contributed by atoms with E-state index in [1.807, 2.05) is 24.3 Å². The SMILES string of the molecule is NC[C@@H]1CCCN1c1nc2ccccc2nc1N. The first-order valence-electron chi connectivity index (χ1n) is 6.28. The Labute approximate surface area is 106 Å². The van der Waals surface area contributed by atoms with Crippen LogP contribution in [0.25, 0.3) is 11.0 Å². The summed E-state index contributed by atoms with van der Waals surface area (Å²) in [6.07, 6.45) is 2.24. The monoisotopic (exact) mass is 243 g/mol. The molecule has 0 aliphatic carbocycles. The zero-order chi connectivity index (χ0) is 12.5. The highest BCUT2D eigenvalue weighted by atomic mass is 15.3. The second-order valence-corrected chi connectivity index (χ2v) is 4.65. The Morgan fingerprint density at radius 3 is 2.67 bits per heavy atom. The van der Waals surface area contributed by atoms with Gasteiger partial charge in [-0.3, -0.25) is 0 Å². The predicted molar refractivity (Wildman–Crippen MR) is 73.4 cm³/mol. The van der Waals surface area contributed by atoms with Crippen molar-refractivity contribution in [1.82, 2.24) is 9.97 Å². The summed E-state index contributed by atoms with van der Waals surface area (Å²) in [5, 5.41) is 0. The Hall–Kier alpha value is -1.88. The molecule has 1 aromatic carbocycles. The third kappa shape index (κ3) is 1.76. The summed E-state index contributed by atoms with van der Waals surface area (Å²) < 4.78 is 0. The maximum atomic E-state index is 6.03. The highest BCUT2D eigenvalue weighted by molar-refractivity contribution is 5.79. The van der Waals surface area contributed by atoms with Gasteiger partial charge in [0.2, 0.25) is 0 Å². The van der Waals surface area contributed by atoms with E-state index in [4.69, 9.17) is 11.5 Å². The van der Waals surface area contributed by atoms with Crippen LogP contribution in [0.1, 0.15) is 12.8 Å². The molecule has 1 aromatic heterocycles. The Morgan fingerprint density at radius 2 is 1.94 bits per heavy atom. The molecule has 1 saturated heterocycles. The van der Waals surface area contributed by atoms with Gasteiger partial charge in [0, 0.05) is 19.1 Å². The summed E-state index contributed by atoms with van der Waals surface area (Å²) >= 11 is 0. The van der Waals surface area contributed by atoms with Crippen LogP contribution in [0.2, 0.25) is 0 Å². The van der Waals surface area contributed by atoms with Crippen LogP contribution in [-0.2, 0) is 0 Å². The van der Waals surface area contributed by atoms with Crippen LogP contribution in [0.15, 0.2) is 24.3 Å². The third-order valence-electron chi connectivity index (χ3n) is 3.50. The van der Waals surface area contributed by atoms with Crippen molar-refractivity contribution in [3.8, 4) is 0 Å². The van der Waals surface area contributed by atoms with E-state index in [9.17, 15) is 0 Å². The lowest BCUT2D eigenvalue weighted by Gasteiger charge is -2.25. The lowest BCUT2D eigenvalue weighted by Crippen LogP contribution is -2.36. The Balaban J connectivity index is 2.08. The van der Waals surface area contributed by atoms with Crippen LogP contribution < -0.4 is 16.4 Å². The number of rotatable bonds is 2. The molecule has 2 aromatic rings. The minimum Gasteiger partial charge on any atom is -0.381 e. The lowest BCUT2D eigenvalue weighted by molar-refractivity contribution is 0.672. The molecule has 0 radical (unpaired) electrons. The van der Waals surface area contributed by atoms with Crippen LogP contribution in [0.5, 0.6) is 0 Å². The number of fused-ring (bicyclic) bond motifs is 1. The Bertz CT molecular complexity index is 568. The number of para-hydroxylation sites is 2. The van der Waals surface area contributed by atoms with Crippen molar-refractivity contribution in [2.45, 2.75) is 18.9 Å². The first-order valence-corrected chi connectivity index (χ1v) is 6.28. The fourth-order valence-electron chi connectivity index (χ4n) is 2.58. The number of benzene rings is 1. The summed E-state index contributed by atoms with van der Waals surface area (Å²) in [5.74, 6) is 1.27. The molecule has 94 valence electrons. The molecular formula is C13H17N5. The number of nitrogens with two attached hydrogens (primary N) is 2. The van der Waals surface area contributed by atoms with Crippen molar-refractivity contribution >= 4 is 22.7 Å². The second-order valence-electron chi connectivity index (χ2n) is 4.65. The molecule has 0 unspecified atom stereocenters.